The molecule has 0 aliphatic rings. The van der Waals surface area contributed by atoms with E-state index in [2.05, 4.69) is 62.2 Å². The molecule has 0 saturated carbocycles. The summed E-state index contributed by atoms with van der Waals surface area (Å²) in [6, 6.07) is 22.6. The molecule has 3 aromatic rings. The number of carboxylic acids is 1. The van der Waals surface area contributed by atoms with Crippen molar-refractivity contribution in [1.82, 2.24) is 4.98 Å². The van der Waals surface area contributed by atoms with Crippen LogP contribution in [0, 0.1) is 0 Å². The summed E-state index contributed by atoms with van der Waals surface area (Å²) in [4.78, 5) is 13.6. The van der Waals surface area contributed by atoms with Crippen LogP contribution in [0.4, 0.5) is 0 Å². The van der Waals surface area contributed by atoms with E-state index in [0.29, 0.717) is 5.92 Å². The third-order valence-corrected chi connectivity index (χ3v) is 4.43. The van der Waals surface area contributed by atoms with Crippen molar-refractivity contribution in [1.29, 1.82) is 0 Å². The van der Waals surface area contributed by atoms with Crippen molar-refractivity contribution < 1.29 is 19.4 Å². The van der Waals surface area contributed by atoms with E-state index in [1.165, 1.54) is 16.6 Å². The minimum Gasteiger partial charge on any atom is -0.481 e. The second-order valence-electron chi connectivity index (χ2n) is 7.73. The van der Waals surface area contributed by atoms with E-state index >= 15 is 0 Å². The van der Waals surface area contributed by atoms with Crippen molar-refractivity contribution in [3.8, 4) is 0 Å². The summed E-state index contributed by atoms with van der Waals surface area (Å²) >= 11 is 0. The number of hydrogen-bond donors (Lipinski definition) is 1. The fourth-order valence-corrected chi connectivity index (χ4v) is 2.82. The molecular weight excluding hydrogens is 402 g/mol. The molecule has 1 aromatic heterocycles. The number of aromatic nitrogens is 1. The zero-order valence-electron chi connectivity index (χ0n) is 20.1. The number of hydrogen-bond acceptors (Lipinski definition) is 4. The van der Waals surface area contributed by atoms with Gasteiger partial charge in [-0.1, -0.05) is 75.4 Å². The molecule has 2 atom stereocenters. The van der Waals surface area contributed by atoms with Crippen LogP contribution < -0.4 is 0 Å². The number of nitrogens with zero attached hydrogens (tertiary/aromatic N) is 1. The molecule has 5 heteroatoms. The Balaban J connectivity index is 0.000000276. The molecule has 0 fully saturated rings. The lowest BCUT2D eigenvalue weighted by atomic mass is 10.1. The zero-order chi connectivity index (χ0) is 23.9. The molecule has 0 bridgehead atoms. The summed E-state index contributed by atoms with van der Waals surface area (Å²) in [6.07, 6.45) is 0.964. The normalized spacial score (nSPS) is 12.2. The maximum Gasteiger partial charge on any atom is 0.300 e. The first kappa shape index (κ1) is 27.3. The monoisotopic (exact) mass is 439 g/mol. The smallest absolute Gasteiger partial charge is 0.300 e. The second-order valence-corrected chi connectivity index (χ2v) is 7.73. The Morgan fingerprint density at radius 1 is 0.938 bits per heavy atom. The Hall–Kier alpha value is -2.76. The summed E-state index contributed by atoms with van der Waals surface area (Å²) in [6.45, 7) is 12.2. The highest BCUT2D eigenvalue weighted by molar-refractivity contribution is 5.78. The number of aliphatic carboxylic acids is 1. The van der Waals surface area contributed by atoms with Crippen LogP contribution >= 0.6 is 0 Å². The molecule has 1 N–H and O–H groups in total. The number of pyridine rings is 1. The minimum atomic E-state index is -0.833. The van der Waals surface area contributed by atoms with E-state index in [1.54, 1.807) is 0 Å². The summed E-state index contributed by atoms with van der Waals surface area (Å²) in [5.74, 6) is -0.329. The molecule has 0 aliphatic heterocycles. The molecule has 0 aliphatic carbocycles. The van der Waals surface area contributed by atoms with E-state index in [4.69, 9.17) is 19.4 Å². The van der Waals surface area contributed by atoms with Crippen LogP contribution in [0.25, 0.3) is 10.9 Å². The molecule has 2 aromatic carbocycles. The molecule has 2 unspecified atom stereocenters. The van der Waals surface area contributed by atoms with Crippen LogP contribution in [-0.2, 0) is 14.3 Å². The topological polar surface area (TPSA) is 68.7 Å². The summed E-state index contributed by atoms with van der Waals surface area (Å²) in [5.41, 5.74) is 3.44. The predicted molar refractivity (Wildman–Crippen MR) is 131 cm³/mol. The summed E-state index contributed by atoms with van der Waals surface area (Å²) in [5, 5.41) is 8.63. The Labute approximate surface area is 192 Å². The van der Waals surface area contributed by atoms with Crippen molar-refractivity contribution in [3.63, 3.8) is 0 Å². The van der Waals surface area contributed by atoms with Crippen LogP contribution in [0.1, 0.15) is 71.2 Å². The molecule has 3 rings (SSSR count). The van der Waals surface area contributed by atoms with Crippen LogP contribution in [0.2, 0.25) is 0 Å². The van der Waals surface area contributed by atoms with Gasteiger partial charge in [-0.05, 0) is 43.9 Å². The van der Waals surface area contributed by atoms with Crippen LogP contribution in [0.3, 0.4) is 0 Å². The molecular formula is C27H37NO4. The van der Waals surface area contributed by atoms with Gasteiger partial charge in [0.15, 0.2) is 6.29 Å². The number of ether oxygens (including phenoxy) is 2. The summed E-state index contributed by atoms with van der Waals surface area (Å²) in [7, 11) is 0. The van der Waals surface area contributed by atoms with Gasteiger partial charge in [0.2, 0.25) is 0 Å². The van der Waals surface area contributed by atoms with Gasteiger partial charge in [0.25, 0.3) is 5.97 Å². The fourth-order valence-electron chi connectivity index (χ4n) is 2.82. The number of carbonyl (C=O) groups is 1. The molecule has 174 valence electrons. The molecule has 0 spiro atoms. The molecule has 5 nitrogen and oxygen atoms in total. The molecule has 0 saturated heterocycles. The predicted octanol–water partition coefficient (Wildman–Crippen LogP) is 6.99. The first-order valence-electron chi connectivity index (χ1n) is 11.1. The number of para-hydroxylation sites is 1. The van der Waals surface area contributed by atoms with Gasteiger partial charge in [0.05, 0.1) is 11.6 Å². The van der Waals surface area contributed by atoms with Crippen LogP contribution in [0.15, 0.2) is 66.7 Å². The van der Waals surface area contributed by atoms with Crippen LogP contribution in [-0.4, -0.2) is 29.0 Å². The maximum atomic E-state index is 9.00. The highest BCUT2D eigenvalue weighted by atomic mass is 16.7. The second kappa shape index (κ2) is 15.1. The fraction of sp³-hybridized carbons (Fsp3) is 0.407. The van der Waals surface area contributed by atoms with E-state index in [-0.39, 0.29) is 12.4 Å². The first-order valence-corrected chi connectivity index (χ1v) is 11.1. The van der Waals surface area contributed by atoms with E-state index < -0.39 is 5.97 Å². The molecule has 32 heavy (non-hydrogen) atoms. The van der Waals surface area contributed by atoms with Crippen molar-refractivity contribution in [2.75, 3.05) is 6.61 Å². The SMILES string of the molecule is CC(=O)O.CC(C)c1ccc2ccccc2n1.CCCOC(C)OC(C)c1ccccc1. The van der Waals surface area contributed by atoms with Crippen molar-refractivity contribution in [2.45, 2.75) is 66.3 Å². The zero-order valence-corrected chi connectivity index (χ0v) is 20.1. The van der Waals surface area contributed by atoms with Gasteiger partial charge in [0.1, 0.15) is 0 Å². The lowest BCUT2D eigenvalue weighted by Gasteiger charge is -2.19. The van der Waals surface area contributed by atoms with E-state index in [1.807, 2.05) is 44.2 Å². The summed E-state index contributed by atoms with van der Waals surface area (Å²) < 4.78 is 11.2. The van der Waals surface area contributed by atoms with Gasteiger partial charge < -0.3 is 14.6 Å². The van der Waals surface area contributed by atoms with Crippen molar-refractivity contribution >= 4 is 16.9 Å². The molecule has 0 amide bonds. The lowest BCUT2D eigenvalue weighted by molar-refractivity contribution is -0.157. The van der Waals surface area contributed by atoms with E-state index in [0.717, 1.165) is 25.5 Å². The molecule has 1 heterocycles. The third-order valence-electron chi connectivity index (χ3n) is 4.43. The number of carboxylic acid groups (broad SMARTS) is 1. The minimum absolute atomic E-state index is 0.0815. The lowest BCUT2D eigenvalue weighted by Crippen LogP contribution is -2.15. The quantitative estimate of drug-likeness (QED) is 0.402. The van der Waals surface area contributed by atoms with Gasteiger partial charge in [-0.15, -0.1) is 0 Å². The van der Waals surface area contributed by atoms with Crippen molar-refractivity contribution in [2.24, 2.45) is 0 Å². The Morgan fingerprint density at radius 3 is 2.12 bits per heavy atom. The Bertz CT molecular complexity index is 908. The Kier molecular flexibility index (Phi) is 12.9. The number of rotatable bonds is 7. The van der Waals surface area contributed by atoms with Gasteiger partial charge >= 0.3 is 0 Å². The maximum absolute atomic E-state index is 9.00. The largest absolute Gasteiger partial charge is 0.481 e. The standard InChI is InChI=1S/C13H20O2.C12H13N.C2H4O2/c1-4-10-14-12(3)15-11(2)13-8-6-5-7-9-13;1-9(2)11-8-7-10-5-3-4-6-12(10)13-11;1-2(3)4/h5-9,11-12H,4,10H2,1-3H3;3-9H,1-2H3;1H3,(H,3,4). The average molecular weight is 440 g/mol. The van der Waals surface area contributed by atoms with Gasteiger partial charge in [0, 0.05) is 24.6 Å². The first-order chi connectivity index (χ1) is 15.2. The van der Waals surface area contributed by atoms with Gasteiger partial charge in [-0.2, -0.15) is 0 Å². The third kappa shape index (κ3) is 11.0. The van der Waals surface area contributed by atoms with Crippen molar-refractivity contribution in [3.05, 3.63) is 78.0 Å². The van der Waals surface area contributed by atoms with Gasteiger partial charge in [-0.25, -0.2) is 0 Å². The average Bonchev–Trinajstić information content (AvgIpc) is 2.78. The Morgan fingerprint density at radius 2 is 1.53 bits per heavy atom. The highest BCUT2D eigenvalue weighted by Crippen LogP contribution is 2.18. The molecule has 0 radical (unpaired) electrons. The number of benzene rings is 2. The van der Waals surface area contributed by atoms with Gasteiger partial charge in [-0.3, -0.25) is 9.78 Å². The van der Waals surface area contributed by atoms with Crippen LogP contribution in [0.5, 0.6) is 0 Å². The highest BCUT2D eigenvalue weighted by Gasteiger charge is 2.09. The van der Waals surface area contributed by atoms with E-state index in [9.17, 15) is 0 Å². The number of fused-ring (bicyclic) bond motifs is 1.